The SMILES string of the molecule is BC1CC(O)C(CCC2CC(B)OC2CO)O1. The van der Waals surface area contributed by atoms with Gasteiger partial charge in [0.2, 0.25) is 0 Å². The van der Waals surface area contributed by atoms with Crippen LogP contribution in [-0.4, -0.2) is 62.8 Å². The fourth-order valence-electron chi connectivity index (χ4n) is 3.11. The molecule has 0 aromatic carbocycles. The second-order valence-electron chi connectivity index (χ2n) is 5.53. The van der Waals surface area contributed by atoms with Crippen molar-refractivity contribution in [3.63, 3.8) is 0 Å². The fraction of sp³-hybridized carbons (Fsp3) is 1.00. The molecule has 0 amide bonds. The van der Waals surface area contributed by atoms with Crippen LogP contribution >= 0.6 is 0 Å². The van der Waals surface area contributed by atoms with Gasteiger partial charge in [-0.25, -0.2) is 0 Å². The highest BCUT2D eigenvalue weighted by Crippen LogP contribution is 2.31. The molecule has 96 valence electrons. The first-order chi connectivity index (χ1) is 8.10. The van der Waals surface area contributed by atoms with Gasteiger partial charge in [0.25, 0.3) is 0 Å². The van der Waals surface area contributed by atoms with Gasteiger partial charge >= 0.3 is 0 Å². The van der Waals surface area contributed by atoms with E-state index in [2.05, 4.69) is 0 Å². The van der Waals surface area contributed by atoms with Crippen LogP contribution in [0.2, 0.25) is 0 Å². The molecule has 17 heavy (non-hydrogen) atoms. The Labute approximate surface area is 104 Å². The minimum Gasteiger partial charge on any atom is -0.394 e. The molecule has 2 aliphatic heterocycles. The van der Waals surface area contributed by atoms with E-state index in [9.17, 15) is 10.2 Å². The van der Waals surface area contributed by atoms with Crippen molar-refractivity contribution in [3.8, 4) is 0 Å². The largest absolute Gasteiger partial charge is 0.394 e. The first-order valence-corrected chi connectivity index (χ1v) is 6.70. The Morgan fingerprint density at radius 3 is 2.24 bits per heavy atom. The van der Waals surface area contributed by atoms with Crippen LogP contribution in [0.3, 0.4) is 0 Å². The van der Waals surface area contributed by atoms with Crippen LogP contribution in [-0.2, 0) is 9.47 Å². The van der Waals surface area contributed by atoms with Crippen molar-refractivity contribution in [2.24, 2.45) is 5.92 Å². The molecule has 0 saturated carbocycles. The summed E-state index contributed by atoms with van der Waals surface area (Å²) in [7, 11) is 4.05. The molecule has 2 fully saturated rings. The molecule has 2 heterocycles. The van der Waals surface area contributed by atoms with Crippen molar-refractivity contribution < 1.29 is 19.7 Å². The number of rotatable bonds is 4. The fourth-order valence-corrected chi connectivity index (χ4v) is 3.11. The quantitative estimate of drug-likeness (QED) is 0.571. The van der Waals surface area contributed by atoms with Crippen molar-refractivity contribution in [2.75, 3.05) is 6.61 Å². The van der Waals surface area contributed by atoms with Gasteiger partial charge in [0.1, 0.15) is 15.7 Å². The van der Waals surface area contributed by atoms with Crippen LogP contribution in [0.4, 0.5) is 0 Å². The summed E-state index contributed by atoms with van der Waals surface area (Å²) in [5.41, 5.74) is 0. The molecule has 6 atom stereocenters. The van der Waals surface area contributed by atoms with Crippen molar-refractivity contribution in [2.45, 2.75) is 56.0 Å². The van der Waals surface area contributed by atoms with Crippen molar-refractivity contribution in [1.29, 1.82) is 0 Å². The zero-order valence-electron chi connectivity index (χ0n) is 10.7. The van der Waals surface area contributed by atoms with Gasteiger partial charge in [0, 0.05) is 12.0 Å². The average Bonchev–Trinajstić information content (AvgIpc) is 2.78. The maximum Gasteiger partial charge on any atom is 0.139 e. The van der Waals surface area contributed by atoms with E-state index in [4.69, 9.17) is 9.47 Å². The summed E-state index contributed by atoms with van der Waals surface area (Å²) in [6, 6.07) is 0.410. The molecule has 0 spiro atoms. The Balaban J connectivity index is 1.78. The lowest BCUT2D eigenvalue weighted by Gasteiger charge is -2.19. The molecule has 2 N–H and O–H groups in total. The maximum atomic E-state index is 9.80. The molecule has 2 aliphatic rings. The number of hydrogen-bond donors (Lipinski definition) is 2. The smallest absolute Gasteiger partial charge is 0.139 e. The molecule has 6 unspecified atom stereocenters. The maximum absolute atomic E-state index is 9.80. The molecule has 0 aromatic rings. The van der Waals surface area contributed by atoms with Crippen LogP contribution in [0.15, 0.2) is 0 Å². The van der Waals surface area contributed by atoms with Gasteiger partial charge in [-0.2, -0.15) is 0 Å². The molecule has 0 aromatic heterocycles. The van der Waals surface area contributed by atoms with E-state index >= 15 is 0 Å². The molecule has 2 saturated heterocycles. The van der Waals surface area contributed by atoms with Crippen LogP contribution in [0, 0.1) is 5.92 Å². The predicted molar refractivity (Wildman–Crippen MR) is 69.5 cm³/mol. The van der Waals surface area contributed by atoms with E-state index in [0.717, 1.165) is 25.7 Å². The highest BCUT2D eigenvalue weighted by molar-refractivity contribution is 6.11. The number of hydrogen-bond acceptors (Lipinski definition) is 4. The normalized spacial score (nSPS) is 46.5. The third kappa shape index (κ3) is 3.25. The van der Waals surface area contributed by atoms with Crippen LogP contribution in [0.1, 0.15) is 25.7 Å². The Kier molecular flexibility index (Phi) is 4.53. The zero-order valence-corrected chi connectivity index (χ0v) is 10.7. The number of aliphatic hydroxyl groups is 2. The van der Waals surface area contributed by atoms with Gasteiger partial charge in [-0.1, -0.05) is 0 Å². The van der Waals surface area contributed by atoms with Gasteiger partial charge in [-0.15, -0.1) is 0 Å². The summed E-state index contributed by atoms with van der Waals surface area (Å²) in [4.78, 5) is 0. The lowest BCUT2D eigenvalue weighted by atomic mass is 9.87. The summed E-state index contributed by atoms with van der Waals surface area (Å²) < 4.78 is 11.3. The minimum atomic E-state index is -0.322. The molecule has 4 nitrogen and oxygen atoms in total. The van der Waals surface area contributed by atoms with E-state index in [1.807, 2.05) is 15.7 Å². The van der Waals surface area contributed by atoms with E-state index < -0.39 is 0 Å². The third-order valence-electron chi connectivity index (χ3n) is 3.98. The predicted octanol–water partition coefficient (Wildman–Crippen LogP) is -1.77. The Morgan fingerprint density at radius 2 is 1.65 bits per heavy atom. The Morgan fingerprint density at radius 1 is 1.00 bits per heavy atom. The molecule has 2 rings (SSSR count). The first-order valence-electron chi connectivity index (χ1n) is 6.70. The number of aliphatic hydroxyl groups excluding tert-OH is 2. The zero-order chi connectivity index (χ0) is 12.4. The van der Waals surface area contributed by atoms with Gasteiger partial charge in [0.15, 0.2) is 0 Å². The molecular formula is C11H22B2O4. The first kappa shape index (κ1) is 13.4. The lowest BCUT2D eigenvalue weighted by molar-refractivity contribution is 0.00717. The molecular weight excluding hydrogens is 218 g/mol. The van der Waals surface area contributed by atoms with Gasteiger partial charge < -0.3 is 19.7 Å². The average molecular weight is 240 g/mol. The summed E-state index contributed by atoms with van der Waals surface area (Å²) in [6.07, 6.45) is 3.20. The summed E-state index contributed by atoms with van der Waals surface area (Å²) in [5, 5.41) is 19.0. The van der Waals surface area contributed by atoms with Gasteiger partial charge in [-0.05, 0) is 31.6 Å². The summed E-state index contributed by atoms with van der Waals surface area (Å²) in [5.74, 6) is 0.404. The Bertz CT molecular complexity index is 254. The number of ether oxygens (including phenoxy) is 2. The highest BCUT2D eigenvalue weighted by atomic mass is 16.5. The van der Waals surface area contributed by atoms with Crippen molar-refractivity contribution >= 4 is 15.7 Å². The van der Waals surface area contributed by atoms with Crippen molar-refractivity contribution in [1.82, 2.24) is 0 Å². The summed E-state index contributed by atoms with van der Waals surface area (Å²) >= 11 is 0. The van der Waals surface area contributed by atoms with Crippen LogP contribution < -0.4 is 0 Å². The van der Waals surface area contributed by atoms with E-state index in [1.54, 1.807) is 0 Å². The molecule has 0 aliphatic carbocycles. The van der Waals surface area contributed by atoms with E-state index in [0.29, 0.717) is 5.92 Å². The summed E-state index contributed by atoms with van der Waals surface area (Å²) in [6.45, 7) is 0.0967. The molecule has 6 heteroatoms. The van der Waals surface area contributed by atoms with E-state index in [1.165, 1.54) is 0 Å². The van der Waals surface area contributed by atoms with Crippen LogP contribution in [0.5, 0.6) is 0 Å². The second kappa shape index (κ2) is 5.74. The van der Waals surface area contributed by atoms with E-state index in [-0.39, 0.29) is 36.9 Å². The lowest BCUT2D eigenvalue weighted by Crippen LogP contribution is -2.25. The monoisotopic (exact) mass is 240 g/mol. The second-order valence-corrected chi connectivity index (χ2v) is 5.53. The van der Waals surface area contributed by atoms with Gasteiger partial charge in [-0.3, -0.25) is 0 Å². The minimum absolute atomic E-state index is 0.0269. The topological polar surface area (TPSA) is 58.9 Å². The van der Waals surface area contributed by atoms with Crippen molar-refractivity contribution in [3.05, 3.63) is 0 Å². The standard InChI is InChI=1S/C11H22B2O4/c12-10-3-6(9(5-14)17-10)1-2-8-7(15)4-11(13)16-8/h6-11,14-15H,1-5,12-13H2. The van der Waals surface area contributed by atoms with Gasteiger partial charge in [0.05, 0.1) is 24.9 Å². The molecule has 0 radical (unpaired) electrons. The third-order valence-corrected chi connectivity index (χ3v) is 3.98. The molecule has 0 bridgehead atoms. The highest BCUT2D eigenvalue weighted by Gasteiger charge is 2.35. The van der Waals surface area contributed by atoms with Crippen LogP contribution in [0.25, 0.3) is 0 Å². The Hall–Kier alpha value is -0.0301.